The summed E-state index contributed by atoms with van der Waals surface area (Å²) in [5, 5.41) is 21.3. The van der Waals surface area contributed by atoms with E-state index in [2.05, 4.69) is 27.7 Å². The van der Waals surface area contributed by atoms with Gasteiger partial charge in [-0.15, -0.1) is 0 Å². The van der Waals surface area contributed by atoms with Crippen molar-refractivity contribution in [3.05, 3.63) is 55.6 Å². The lowest BCUT2D eigenvalue weighted by Crippen LogP contribution is -2.35. The molecule has 0 bridgehead atoms. The Kier molecular flexibility index (Phi) is 5.29. The molecule has 0 radical (unpaired) electrons. The number of phenols is 2. The number of hydrogen-bond donors (Lipinski definition) is 2. The average Bonchev–Trinajstić information content (AvgIpc) is 2.68. The van der Waals surface area contributed by atoms with E-state index in [1.165, 1.54) is 52.6 Å². The molecule has 3 rings (SSSR count). The molecule has 2 heteroatoms. The van der Waals surface area contributed by atoms with Crippen LogP contribution < -0.4 is 0 Å². The van der Waals surface area contributed by atoms with Crippen LogP contribution in [0.15, 0.2) is 0 Å². The van der Waals surface area contributed by atoms with E-state index in [9.17, 15) is 10.2 Å². The molecule has 1 aliphatic carbocycles. The first kappa shape index (κ1) is 20.8. The van der Waals surface area contributed by atoms with E-state index in [1.807, 2.05) is 27.7 Å². The highest BCUT2D eigenvalue weighted by atomic mass is 16.3. The van der Waals surface area contributed by atoms with Crippen LogP contribution in [-0.2, 0) is 5.41 Å². The van der Waals surface area contributed by atoms with Gasteiger partial charge in [-0.2, -0.15) is 0 Å². The molecule has 2 aromatic rings. The van der Waals surface area contributed by atoms with Gasteiger partial charge in [-0.25, -0.2) is 0 Å². The molecule has 152 valence electrons. The Labute approximate surface area is 170 Å². The first-order valence-corrected chi connectivity index (χ1v) is 10.7. The Hall–Kier alpha value is -1.96. The van der Waals surface area contributed by atoms with Crippen LogP contribution in [0.3, 0.4) is 0 Å². The molecule has 0 spiro atoms. The van der Waals surface area contributed by atoms with Crippen LogP contribution in [0, 0.1) is 55.4 Å². The van der Waals surface area contributed by atoms with Gasteiger partial charge in [0.05, 0.1) is 0 Å². The highest BCUT2D eigenvalue weighted by molar-refractivity contribution is 5.63. The van der Waals surface area contributed by atoms with E-state index in [0.717, 1.165) is 35.1 Å². The smallest absolute Gasteiger partial charge is 0.121 e. The Morgan fingerprint density at radius 1 is 0.464 bits per heavy atom. The van der Waals surface area contributed by atoms with Gasteiger partial charge in [-0.1, -0.05) is 19.3 Å². The summed E-state index contributed by atoms with van der Waals surface area (Å²) in [5.74, 6) is 0.882. The molecule has 28 heavy (non-hydrogen) atoms. The monoisotopic (exact) mass is 380 g/mol. The van der Waals surface area contributed by atoms with Crippen molar-refractivity contribution in [2.24, 2.45) is 0 Å². The van der Waals surface area contributed by atoms with Crippen LogP contribution in [0.1, 0.15) is 87.7 Å². The summed E-state index contributed by atoms with van der Waals surface area (Å²) in [6.45, 7) is 16.9. The fraction of sp³-hybridized carbons (Fsp3) is 0.538. The van der Waals surface area contributed by atoms with Gasteiger partial charge in [0.1, 0.15) is 11.5 Å². The second kappa shape index (κ2) is 7.13. The number of hydrogen-bond acceptors (Lipinski definition) is 2. The lowest BCUT2D eigenvalue weighted by Gasteiger charge is -2.44. The summed E-state index contributed by atoms with van der Waals surface area (Å²) in [4.78, 5) is 0. The van der Waals surface area contributed by atoms with Crippen LogP contribution in [0.25, 0.3) is 0 Å². The second-order valence-corrected chi connectivity index (χ2v) is 9.09. The quantitative estimate of drug-likeness (QED) is 0.600. The standard InChI is InChI=1S/C26H36O2/c1-14-18(5)24(27)19(6)15(2)22(14)26(12-10-9-11-13-26)23-16(3)20(7)25(28)21(8)17(23)4/h27-28H,9-13H2,1-8H3. The Bertz CT molecular complexity index is 814. The number of benzene rings is 2. The summed E-state index contributed by atoms with van der Waals surface area (Å²) in [7, 11) is 0. The van der Waals surface area contributed by atoms with Gasteiger partial charge in [0.2, 0.25) is 0 Å². The van der Waals surface area contributed by atoms with Crippen LogP contribution in [-0.4, -0.2) is 10.2 Å². The van der Waals surface area contributed by atoms with Gasteiger partial charge in [0.15, 0.2) is 0 Å². The maximum Gasteiger partial charge on any atom is 0.121 e. The fourth-order valence-electron chi connectivity index (χ4n) is 5.80. The Morgan fingerprint density at radius 2 is 0.750 bits per heavy atom. The normalized spacial score (nSPS) is 16.4. The van der Waals surface area contributed by atoms with Crippen molar-refractivity contribution in [2.75, 3.05) is 0 Å². The molecule has 0 heterocycles. The molecule has 2 nitrogen and oxygen atoms in total. The van der Waals surface area contributed by atoms with Crippen molar-refractivity contribution in [1.29, 1.82) is 0 Å². The highest BCUT2D eigenvalue weighted by Crippen LogP contribution is 2.52. The Morgan fingerprint density at radius 3 is 1.04 bits per heavy atom. The molecule has 0 aliphatic heterocycles. The summed E-state index contributed by atoms with van der Waals surface area (Å²) in [6.07, 6.45) is 5.97. The number of phenolic OH excluding ortho intramolecular Hbond substituents is 2. The third-order valence-corrected chi connectivity index (χ3v) is 7.84. The molecular formula is C26H36O2. The topological polar surface area (TPSA) is 40.5 Å². The zero-order valence-corrected chi connectivity index (χ0v) is 18.9. The largest absolute Gasteiger partial charge is 0.507 e. The average molecular weight is 381 g/mol. The minimum atomic E-state index is -0.0486. The molecule has 1 fully saturated rings. The Balaban J connectivity index is 2.48. The van der Waals surface area contributed by atoms with Crippen molar-refractivity contribution >= 4 is 0 Å². The first-order valence-electron chi connectivity index (χ1n) is 10.7. The molecule has 1 saturated carbocycles. The summed E-state index contributed by atoms with van der Waals surface area (Å²) in [5.41, 5.74) is 11.7. The lowest BCUT2D eigenvalue weighted by molar-refractivity contribution is 0.339. The van der Waals surface area contributed by atoms with E-state index in [-0.39, 0.29) is 5.41 Å². The predicted octanol–water partition coefficient (Wildman–Crippen LogP) is 6.82. The number of aromatic hydroxyl groups is 2. The zero-order chi connectivity index (χ0) is 21.0. The van der Waals surface area contributed by atoms with E-state index in [1.54, 1.807) is 0 Å². The fourth-order valence-corrected chi connectivity index (χ4v) is 5.80. The van der Waals surface area contributed by atoms with E-state index in [4.69, 9.17) is 0 Å². The van der Waals surface area contributed by atoms with Crippen LogP contribution in [0.5, 0.6) is 11.5 Å². The first-order chi connectivity index (χ1) is 13.1. The van der Waals surface area contributed by atoms with Crippen molar-refractivity contribution in [1.82, 2.24) is 0 Å². The van der Waals surface area contributed by atoms with Crippen molar-refractivity contribution < 1.29 is 10.2 Å². The van der Waals surface area contributed by atoms with Gasteiger partial charge in [-0.3, -0.25) is 0 Å². The van der Waals surface area contributed by atoms with E-state index >= 15 is 0 Å². The third-order valence-electron chi connectivity index (χ3n) is 7.84. The van der Waals surface area contributed by atoms with Gasteiger partial charge < -0.3 is 10.2 Å². The second-order valence-electron chi connectivity index (χ2n) is 9.09. The molecule has 0 amide bonds. The molecular weight excluding hydrogens is 344 g/mol. The van der Waals surface area contributed by atoms with Gasteiger partial charge in [-0.05, 0) is 124 Å². The molecule has 0 unspecified atom stereocenters. The van der Waals surface area contributed by atoms with Gasteiger partial charge in [0, 0.05) is 5.41 Å². The molecule has 1 aliphatic rings. The summed E-state index contributed by atoms with van der Waals surface area (Å²) in [6, 6.07) is 0. The SMILES string of the molecule is Cc1c(C)c(C2(c3c(C)c(C)c(O)c(C)c3C)CCCCC2)c(C)c(C)c1O. The highest BCUT2D eigenvalue weighted by Gasteiger charge is 2.42. The van der Waals surface area contributed by atoms with Crippen LogP contribution >= 0.6 is 0 Å². The van der Waals surface area contributed by atoms with Crippen molar-refractivity contribution in [2.45, 2.75) is 92.9 Å². The molecule has 0 aromatic heterocycles. The maximum atomic E-state index is 10.6. The minimum absolute atomic E-state index is 0.0486. The zero-order valence-electron chi connectivity index (χ0n) is 18.9. The summed E-state index contributed by atoms with van der Waals surface area (Å²) >= 11 is 0. The van der Waals surface area contributed by atoms with Gasteiger partial charge >= 0.3 is 0 Å². The number of rotatable bonds is 2. The molecule has 0 atom stereocenters. The minimum Gasteiger partial charge on any atom is -0.507 e. The third kappa shape index (κ3) is 2.76. The van der Waals surface area contributed by atoms with Crippen LogP contribution in [0.2, 0.25) is 0 Å². The molecule has 2 N–H and O–H groups in total. The van der Waals surface area contributed by atoms with Crippen molar-refractivity contribution in [3.8, 4) is 11.5 Å². The molecule has 2 aromatic carbocycles. The van der Waals surface area contributed by atoms with Gasteiger partial charge in [0.25, 0.3) is 0 Å². The van der Waals surface area contributed by atoms with E-state index < -0.39 is 0 Å². The van der Waals surface area contributed by atoms with Crippen molar-refractivity contribution in [3.63, 3.8) is 0 Å². The maximum absolute atomic E-state index is 10.6. The van der Waals surface area contributed by atoms with Crippen LogP contribution in [0.4, 0.5) is 0 Å². The predicted molar refractivity (Wildman–Crippen MR) is 118 cm³/mol. The molecule has 0 saturated heterocycles. The van der Waals surface area contributed by atoms with E-state index in [0.29, 0.717) is 11.5 Å². The lowest BCUT2D eigenvalue weighted by atomic mass is 9.60. The summed E-state index contributed by atoms with van der Waals surface area (Å²) < 4.78 is 0.